The Morgan fingerprint density at radius 1 is 0.371 bits per heavy atom. The number of hydrogen-bond acceptors (Lipinski definition) is 9. The van der Waals surface area contributed by atoms with Crippen molar-refractivity contribution in [3.63, 3.8) is 0 Å². The molecule has 0 N–H and O–H groups in total. The van der Waals surface area contributed by atoms with Gasteiger partial charge in [-0.2, -0.15) is 0 Å². The molecule has 6 aromatic carbocycles. The molecule has 2 atom stereocenters. The summed E-state index contributed by atoms with van der Waals surface area (Å²) in [5, 5.41) is 0. The van der Waals surface area contributed by atoms with Gasteiger partial charge in [0, 0.05) is 6.42 Å². The largest absolute Gasteiger partial charge is 0.494 e. The lowest BCUT2D eigenvalue weighted by molar-refractivity contribution is -0.134. The lowest BCUT2D eigenvalue weighted by Crippen LogP contribution is -2.15. The molecule has 366 valence electrons. The minimum absolute atomic E-state index is 0.107. The van der Waals surface area contributed by atoms with Crippen LogP contribution in [0.4, 0.5) is 0 Å². The van der Waals surface area contributed by atoms with Crippen molar-refractivity contribution in [1.29, 1.82) is 0 Å². The first-order valence-corrected chi connectivity index (χ1v) is 25.2. The summed E-state index contributed by atoms with van der Waals surface area (Å²) >= 11 is 0. The number of carbonyl (C=O) groups is 4. The lowest BCUT2D eigenvalue weighted by Gasteiger charge is -2.13. The van der Waals surface area contributed by atoms with Crippen molar-refractivity contribution in [2.24, 2.45) is 0 Å². The van der Waals surface area contributed by atoms with Crippen molar-refractivity contribution in [1.82, 2.24) is 0 Å². The zero-order valence-corrected chi connectivity index (χ0v) is 41.3. The quantitative estimate of drug-likeness (QED) is 0.0283. The van der Waals surface area contributed by atoms with E-state index >= 15 is 0 Å². The fourth-order valence-corrected chi connectivity index (χ4v) is 7.99. The molecule has 9 nitrogen and oxygen atoms in total. The summed E-state index contributed by atoms with van der Waals surface area (Å²) in [6.07, 6.45) is 13.3. The van der Waals surface area contributed by atoms with Crippen LogP contribution in [0.5, 0.6) is 17.2 Å². The van der Waals surface area contributed by atoms with Crippen LogP contribution >= 0.6 is 0 Å². The van der Waals surface area contributed by atoms with E-state index in [-0.39, 0.29) is 30.1 Å². The second-order valence-electron chi connectivity index (χ2n) is 18.0. The molecule has 0 heterocycles. The Hall–Kier alpha value is -7.00. The molecule has 0 saturated heterocycles. The van der Waals surface area contributed by atoms with Gasteiger partial charge in [-0.05, 0) is 165 Å². The van der Waals surface area contributed by atoms with Gasteiger partial charge in [-0.15, -0.1) is 0 Å². The van der Waals surface area contributed by atoms with Gasteiger partial charge in [-0.3, -0.25) is 4.79 Å². The minimum Gasteiger partial charge on any atom is -0.494 e. The van der Waals surface area contributed by atoms with Crippen LogP contribution in [0.2, 0.25) is 0 Å². The summed E-state index contributed by atoms with van der Waals surface area (Å²) in [6.45, 7) is 8.78. The number of carbonyl (C=O) groups excluding carboxylic acids is 4. The Morgan fingerprint density at radius 2 is 0.714 bits per heavy atom. The summed E-state index contributed by atoms with van der Waals surface area (Å²) in [7, 11) is 0. The van der Waals surface area contributed by atoms with E-state index < -0.39 is 5.97 Å². The molecule has 6 aromatic rings. The number of unbranched alkanes of at least 4 members (excludes halogenated alkanes) is 8. The first kappa shape index (κ1) is 52.4. The van der Waals surface area contributed by atoms with Crippen LogP contribution in [0.1, 0.15) is 149 Å². The molecular formula is C61H68O9. The smallest absolute Gasteiger partial charge is 0.343 e. The van der Waals surface area contributed by atoms with Gasteiger partial charge in [0.15, 0.2) is 0 Å². The highest BCUT2D eigenvalue weighted by molar-refractivity contribution is 5.92. The average Bonchev–Trinajstić information content (AvgIpc) is 3.38. The van der Waals surface area contributed by atoms with Gasteiger partial charge in [-0.1, -0.05) is 125 Å². The Kier molecular flexibility index (Phi) is 20.8. The van der Waals surface area contributed by atoms with Crippen LogP contribution in [0.25, 0.3) is 33.4 Å². The van der Waals surface area contributed by atoms with Gasteiger partial charge in [-0.25, -0.2) is 14.4 Å². The predicted octanol–water partition coefficient (Wildman–Crippen LogP) is 15.5. The molecule has 0 unspecified atom stereocenters. The molecule has 0 aliphatic carbocycles. The maximum Gasteiger partial charge on any atom is 0.343 e. The van der Waals surface area contributed by atoms with Crippen molar-refractivity contribution in [2.75, 3.05) is 6.61 Å². The van der Waals surface area contributed by atoms with Crippen LogP contribution in [0, 0.1) is 0 Å². The molecule has 0 amide bonds. The third-order valence-electron chi connectivity index (χ3n) is 12.2. The van der Waals surface area contributed by atoms with E-state index in [1.807, 2.05) is 98.8 Å². The summed E-state index contributed by atoms with van der Waals surface area (Å²) in [6, 6.07) is 44.4. The van der Waals surface area contributed by atoms with E-state index in [4.69, 9.17) is 23.7 Å². The zero-order chi connectivity index (χ0) is 49.5. The van der Waals surface area contributed by atoms with Crippen molar-refractivity contribution in [2.45, 2.75) is 130 Å². The fourth-order valence-electron chi connectivity index (χ4n) is 7.99. The van der Waals surface area contributed by atoms with E-state index in [9.17, 15) is 19.2 Å². The first-order valence-electron chi connectivity index (χ1n) is 25.2. The van der Waals surface area contributed by atoms with Gasteiger partial charge >= 0.3 is 23.9 Å². The highest BCUT2D eigenvalue weighted by Gasteiger charge is 2.15. The average molecular weight is 945 g/mol. The van der Waals surface area contributed by atoms with Crippen LogP contribution in [0.15, 0.2) is 146 Å². The standard InChI is InChI=1S/C61H68O9/c1-5-7-9-12-16-44(3)67-59(63)52-25-19-47(20-26-52)50-33-39-56(40-34-50)69-58(62)18-14-11-15-43-66-55-37-31-49(32-38-55)46-23-29-54(30-24-46)61(65)70-57-41-35-51(36-42-57)48-21-27-53(28-22-48)60(64)68-45(4)17-13-10-8-6-2/h19-42,44-45H,5-18,43H2,1-4H3/t44-,45-/m1/s1. The Balaban J connectivity index is 0.849. The Bertz CT molecular complexity index is 2530. The molecule has 9 heteroatoms. The molecule has 70 heavy (non-hydrogen) atoms. The molecule has 0 spiro atoms. The van der Waals surface area contributed by atoms with Crippen molar-refractivity contribution in [3.8, 4) is 50.6 Å². The molecule has 0 aliphatic rings. The summed E-state index contributed by atoms with van der Waals surface area (Å²) in [4.78, 5) is 50.8. The molecule has 0 aliphatic heterocycles. The number of ether oxygens (including phenoxy) is 5. The van der Waals surface area contributed by atoms with E-state index in [2.05, 4.69) is 13.8 Å². The molecule has 0 radical (unpaired) electrons. The van der Waals surface area contributed by atoms with Crippen LogP contribution < -0.4 is 14.2 Å². The molecule has 6 rings (SSSR count). The minimum atomic E-state index is -0.452. The van der Waals surface area contributed by atoms with Crippen molar-refractivity contribution in [3.05, 3.63) is 162 Å². The molecule has 0 bridgehead atoms. The zero-order valence-electron chi connectivity index (χ0n) is 41.3. The number of esters is 4. The first-order chi connectivity index (χ1) is 34.1. The van der Waals surface area contributed by atoms with E-state index in [0.717, 1.165) is 90.5 Å². The van der Waals surface area contributed by atoms with Gasteiger partial charge < -0.3 is 23.7 Å². The number of benzene rings is 6. The Morgan fingerprint density at radius 3 is 1.11 bits per heavy atom. The highest BCUT2D eigenvalue weighted by Crippen LogP contribution is 2.27. The normalized spacial score (nSPS) is 11.8. The third-order valence-corrected chi connectivity index (χ3v) is 12.2. The second kappa shape index (κ2) is 27.9. The van der Waals surface area contributed by atoms with Crippen LogP contribution in [-0.4, -0.2) is 42.7 Å². The fraction of sp³-hybridized carbons (Fsp3) is 0.344. The topological polar surface area (TPSA) is 114 Å². The molecule has 0 aromatic heterocycles. The molecule has 0 saturated carbocycles. The number of rotatable bonds is 27. The van der Waals surface area contributed by atoms with Crippen LogP contribution in [0.3, 0.4) is 0 Å². The molecule has 0 fully saturated rings. The van der Waals surface area contributed by atoms with Gasteiger partial charge in [0.1, 0.15) is 17.2 Å². The second-order valence-corrected chi connectivity index (χ2v) is 18.0. The predicted molar refractivity (Wildman–Crippen MR) is 277 cm³/mol. The highest BCUT2D eigenvalue weighted by atomic mass is 16.6. The Labute approximate surface area is 414 Å². The van der Waals surface area contributed by atoms with Gasteiger partial charge in [0.05, 0.1) is 35.5 Å². The third kappa shape index (κ3) is 16.9. The molecular weight excluding hydrogens is 877 g/mol. The maximum atomic E-state index is 13.0. The SMILES string of the molecule is CCCCCC[C@@H](C)OC(=O)c1ccc(-c2ccc(OC(=O)CCCCCOc3ccc(-c4ccc(C(=O)Oc5ccc(-c6ccc(C(=O)O[C@H](C)CCCCCC)cc6)cc5)cc4)cc3)cc2)cc1. The van der Waals surface area contributed by atoms with Crippen LogP contribution in [-0.2, 0) is 14.3 Å². The monoisotopic (exact) mass is 944 g/mol. The van der Waals surface area contributed by atoms with E-state index in [1.54, 1.807) is 60.7 Å². The van der Waals surface area contributed by atoms with Gasteiger partial charge in [0.2, 0.25) is 0 Å². The summed E-state index contributed by atoms with van der Waals surface area (Å²) < 4.78 is 28.5. The maximum absolute atomic E-state index is 13.0. The van der Waals surface area contributed by atoms with E-state index in [1.165, 1.54) is 25.7 Å². The lowest BCUT2D eigenvalue weighted by atomic mass is 10.0. The van der Waals surface area contributed by atoms with Gasteiger partial charge in [0.25, 0.3) is 0 Å². The van der Waals surface area contributed by atoms with Crippen molar-refractivity contribution >= 4 is 23.9 Å². The van der Waals surface area contributed by atoms with Crippen molar-refractivity contribution < 1.29 is 42.9 Å². The van der Waals surface area contributed by atoms with E-state index in [0.29, 0.717) is 47.6 Å². The summed E-state index contributed by atoms with van der Waals surface area (Å²) in [5.41, 5.74) is 7.19. The number of hydrogen-bond donors (Lipinski definition) is 0. The summed E-state index contributed by atoms with van der Waals surface area (Å²) in [5.74, 6) is 0.330.